The van der Waals surface area contributed by atoms with Gasteiger partial charge in [-0.05, 0) is 92.4 Å². The molecule has 0 aromatic heterocycles. The van der Waals surface area contributed by atoms with Crippen molar-refractivity contribution in [3.8, 4) is 0 Å². The molecule has 0 amide bonds. The molecule has 1 N–H and O–H groups in total. The van der Waals surface area contributed by atoms with Crippen molar-refractivity contribution in [2.75, 3.05) is 0 Å². The van der Waals surface area contributed by atoms with Crippen LogP contribution in [0.15, 0.2) is 22.8 Å². The molecule has 0 spiro atoms. The highest BCUT2D eigenvalue weighted by Crippen LogP contribution is 2.73. The van der Waals surface area contributed by atoms with Gasteiger partial charge in [-0.2, -0.15) is 0 Å². The minimum atomic E-state index is -0.840. The topological polar surface area (TPSA) is 82.1 Å². The summed E-state index contributed by atoms with van der Waals surface area (Å²) >= 11 is 0. The molecule has 2 saturated carbocycles. The van der Waals surface area contributed by atoms with Gasteiger partial charge in [0.1, 0.15) is 12.2 Å². The van der Waals surface area contributed by atoms with Gasteiger partial charge < -0.3 is 19.3 Å². The highest BCUT2D eigenvalue weighted by molar-refractivity contribution is 5.67. The molecule has 0 radical (unpaired) electrons. The van der Waals surface area contributed by atoms with Gasteiger partial charge in [-0.15, -0.1) is 0 Å². The number of aliphatic hydroxyl groups excluding tert-OH is 1. The molecule has 5 aliphatic rings. The first-order valence-corrected chi connectivity index (χ1v) is 15.6. The zero-order valence-electron chi connectivity index (χ0n) is 26.3. The van der Waals surface area contributed by atoms with Gasteiger partial charge in [0.15, 0.2) is 6.29 Å². The van der Waals surface area contributed by atoms with Crippen LogP contribution in [-0.2, 0) is 23.8 Å². The van der Waals surface area contributed by atoms with Crippen LogP contribution < -0.4 is 0 Å². The van der Waals surface area contributed by atoms with E-state index in [1.54, 1.807) is 12.5 Å². The fourth-order valence-electron chi connectivity index (χ4n) is 10.6. The quantitative estimate of drug-likeness (QED) is 0.300. The van der Waals surface area contributed by atoms with Crippen LogP contribution in [0.25, 0.3) is 0 Å². The van der Waals surface area contributed by atoms with E-state index >= 15 is 0 Å². The predicted molar refractivity (Wildman–Crippen MR) is 154 cm³/mol. The average Bonchev–Trinajstić information content (AvgIpc) is 3.09. The minimum Gasteiger partial charge on any atom is -0.462 e. The number of carbonyl (C=O) groups is 2. The summed E-state index contributed by atoms with van der Waals surface area (Å²) in [6.07, 6.45) is 8.68. The van der Waals surface area contributed by atoms with Gasteiger partial charge in [0.25, 0.3) is 0 Å². The second-order valence-electron chi connectivity index (χ2n) is 15.1. The van der Waals surface area contributed by atoms with Gasteiger partial charge >= 0.3 is 11.9 Å². The lowest BCUT2D eigenvalue weighted by atomic mass is 9.43. The summed E-state index contributed by atoms with van der Waals surface area (Å²) in [6.45, 7) is 19.2. The maximum Gasteiger partial charge on any atom is 0.302 e. The standard InChI is InChI=1S/C34H52O6/c1-19-10-12-26(40-30(19)37)20(2)25-18-29(39-22(4)36)34(9)24-11-13-27-31(5,6)28(38-21(3)35)15-16-32(27,7)23(24)14-17-33(25,34)8/h10,20,25-30,37H,11-18H2,1-9H3. The van der Waals surface area contributed by atoms with Gasteiger partial charge in [0.2, 0.25) is 0 Å². The van der Waals surface area contributed by atoms with Crippen molar-refractivity contribution in [2.24, 2.45) is 39.4 Å². The first-order chi connectivity index (χ1) is 18.6. The van der Waals surface area contributed by atoms with Crippen LogP contribution in [0.2, 0.25) is 0 Å². The first-order valence-electron chi connectivity index (χ1n) is 15.6. The number of hydrogen-bond acceptors (Lipinski definition) is 6. The van der Waals surface area contributed by atoms with Crippen LogP contribution >= 0.6 is 0 Å². The zero-order chi connectivity index (χ0) is 29.4. The van der Waals surface area contributed by atoms with E-state index in [9.17, 15) is 14.7 Å². The molecular weight excluding hydrogens is 504 g/mol. The van der Waals surface area contributed by atoms with E-state index in [-0.39, 0.29) is 57.8 Å². The Hall–Kier alpha value is -1.66. The lowest BCUT2D eigenvalue weighted by molar-refractivity contribution is -0.168. The van der Waals surface area contributed by atoms with Gasteiger partial charge in [0, 0.05) is 24.7 Å². The lowest BCUT2D eigenvalue weighted by Gasteiger charge is -2.62. The van der Waals surface area contributed by atoms with E-state index in [0.717, 1.165) is 56.9 Å². The Bertz CT molecular complexity index is 1120. The molecule has 6 nitrogen and oxygen atoms in total. The van der Waals surface area contributed by atoms with Crippen molar-refractivity contribution in [2.45, 2.75) is 138 Å². The fourth-order valence-corrected chi connectivity index (χ4v) is 10.6. The number of esters is 2. The molecule has 6 heteroatoms. The molecule has 2 fully saturated rings. The molecule has 0 bridgehead atoms. The van der Waals surface area contributed by atoms with E-state index in [1.807, 2.05) is 6.92 Å². The maximum absolute atomic E-state index is 12.5. The highest BCUT2D eigenvalue weighted by Gasteiger charge is 2.68. The molecule has 10 atom stereocenters. The third-order valence-electron chi connectivity index (χ3n) is 13.0. The summed E-state index contributed by atoms with van der Waals surface area (Å²) in [6, 6.07) is 0. The molecule has 1 heterocycles. The first kappa shape index (κ1) is 29.8. The maximum atomic E-state index is 12.5. The van der Waals surface area contributed by atoms with Crippen LogP contribution in [0.4, 0.5) is 0 Å². The molecule has 10 unspecified atom stereocenters. The number of ether oxygens (including phenoxy) is 3. The van der Waals surface area contributed by atoms with Crippen molar-refractivity contribution in [1.29, 1.82) is 0 Å². The summed E-state index contributed by atoms with van der Waals surface area (Å²) in [5, 5.41) is 10.5. The zero-order valence-corrected chi connectivity index (χ0v) is 26.3. The SMILES string of the molecule is CC(=O)OC1CCC2(C)C3=C(CCC2C1(C)C)C1(C)C(OC(C)=O)CC(C(C)C2CC=C(C)C(O)O2)C1(C)CC3. The average molecular weight is 557 g/mol. The Kier molecular flexibility index (Phi) is 7.43. The van der Waals surface area contributed by atoms with Crippen molar-refractivity contribution in [3.63, 3.8) is 0 Å². The van der Waals surface area contributed by atoms with Gasteiger partial charge in [-0.25, -0.2) is 0 Å². The number of rotatable bonds is 4. The monoisotopic (exact) mass is 556 g/mol. The molecule has 1 aliphatic heterocycles. The van der Waals surface area contributed by atoms with E-state index < -0.39 is 6.29 Å². The molecule has 0 aromatic carbocycles. The van der Waals surface area contributed by atoms with Crippen LogP contribution in [0, 0.1) is 39.4 Å². The number of fused-ring (bicyclic) bond motifs is 4. The Morgan fingerprint density at radius 3 is 2.25 bits per heavy atom. The summed E-state index contributed by atoms with van der Waals surface area (Å²) in [5.41, 5.74) is 3.63. The molecule has 4 aliphatic carbocycles. The molecule has 5 rings (SSSR count). The molecular formula is C34H52O6. The Morgan fingerprint density at radius 1 is 0.975 bits per heavy atom. The molecule has 224 valence electrons. The van der Waals surface area contributed by atoms with E-state index in [0.29, 0.717) is 11.8 Å². The van der Waals surface area contributed by atoms with E-state index in [4.69, 9.17) is 14.2 Å². The molecule has 0 saturated heterocycles. The van der Waals surface area contributed by atoms with Crippen molar-refractivity contribution in [1.82, 2.24) is 0 Å². The van der Waals surface area contributed by atoms with Crippen LogP contribution in [0.1, 0.15) is 114 Å². The second kappa shape index (κ2) is 9.97. The highest BCUT2D eigenvalue weighted by atomic mass is 16.6. The van der Waals surface area contributed by atoms with Crippen molar-refractivity contribution >= 4 is 11.9 Å². The summed E-state index contributed by atoms with van der Waals surface area (Å²) in [7, 11) is 0. The molecule has 0 aromatic rings. The normalized spacial score (nSPS) is 45.0. The number of allylic oxidation sites excluding steroid dienone is 1. The Labute approximate surface area is 241 Å². The van der Waals surface area contributed by atoms with Crippen LogP contribution in [0.5, 0.6) is 0 Å². The lowest BCUT2D eigenvalue weighted by Crippen LogP contribution is -2.57. The van der Waals surface area contributed by atoms with E-state index in [2.05, 4.69) is 47.6 Å². The van der Waals surface area contributed by atoms with Crippen molar-refractivity contribution < 1.29 is 28.9 Å². The van der Waals surface area contributed by atoms with Crippen LogP contribution in [-0.4, -0.2) is 41.6 Å². The summed E-state index contributed by atoms with van der Waals surface area (Å²) < 4.78 is 18.2. The Balaban J connectivity index is 1.54. The third kappa shape index (κ3) is 4.25. The number of carbonyl (C=O) groups excluding carboxylic acids is 2. The number of aliphatic hydroxyl groups is 1. The third-order valence-corrected chi connectivity index (χ3v) is 13.0. The second-order valence-corrected chi connectivity index (χ2v) is 15.1. The predicted octanol–water partition coefficient (Wildman–Crippen LogP) is 6.90. The Morgan fingerprint density at radius 2 is 1.62 bits per heavy atom. The van der Waals surface area contributed by atoms with Gasteiger partial charge in [-0.3, -0.25) is 9.59 Å². The largest absolute Gasteiger partial charge is 0.462 e. The van der Waals surface area contributed by atoms with E-state index in [1.165, 1.54) is 12.5 Å². The van der Waals surface area contributed by atoms with Gasteiger partial charge in [0.05, 0.1) is 6.10 Å². The summed E-state index contributed by atoms with van der Waals surface area (Å²) in [5.74, 6) is 0.562. The smallest absolute Gasteiger partial charge is 0.302 e. The summed E-state index contributed by atoms with van der Waals surface area (Å²) in [4.78, 5) is 24.4. The molecule has 40 heavy (non-hydrogen) atoms. The fraction of sp³-hybridized carbons (Fsp3) is 0.824. The van der Waals surface area contributed by atoms with Gasteiger partial charge in [-0.1, -0.05) is 58.8 Å². The minimum absolute atomic E-state index is 0.0431. The van der Waals surface area contributed by atoms with Crippen LogP contribution in [0.3, 0.4) is 0 Å². The number of hydrogen-bond donors (Lipinski definition) is 1. The van der Waals surface area contributed by atoms with Crippen molar-refractivity contribution in [3.05, 3.63) is 22.8 Å².